The monoisotopic (exact) mass is 394 g/mol. The number of carbonyl (C=O) groups excluding carboxylic acids is 1. The van der Waals surface area contributed by atoms with E-state index in [-0.39, 0.29) is 12.0 Å². The first kappa shape index (κ1) is 19.9. The fourth-order valence-corrected chi connectivity index (χ4v) is 2.91. The number of aromatic nitrogens is 2. The molecule has 1 aliphatic heterocycles. The minimum absolute atomic E-state index is 0.0583. The second kappa shape index (κ2) is 8.04. The Hall–Kier alpha value is -2.84. The van der Waals surface area contributed by atoms with Gasteiger partial charge in [0.25, 0.3) is 5.91 Å². The molecule has 0 aliphatic carbocycles. The molecule has 0 atom stereocenters. The molecule has 2 heterocycles. The Morgan fingerprint density at radius 2 is 1.64 bits per heavy atom. The molecule has 9 heteroatoms. The molecule has 0 radical (unpaired) electrons. The van der Waals surface area contributed by atoms with Crippen LogP contribution in [0.2, 0.25) is 0 Å². The maximum absolute atomic E-state index is 12.6. The van der Waals surface area contributed by atoms with Gasteiger partial charge < -0.3 is 14.5 Å². The van der Waals surface area contributed by atoms with Gasteiger partial charge in [0.2, 0.25) is 0 Å². The van der Waals surface area contributed by atoms with E-state index >= 15 is 0 Å². The molecular weight excluding hydrogens is 373 g/mol. The number of carbonyl (C=O) groups is 1. The van der Waals surface area contributed by atoms with Gasteiger partial charge in [-0.2, -0.15) is 13.2 Å². The number of anilines is 1. The van der Waals surface area contributed by atoms with Crippen molar-refractivity contribution in [3.63, 3.8) is 0 Å². The van der Waals surface area contributed by atoms with Gasteiger partial charge in [0, 0.05) is 31.7 Å². The summed E-state index contributed by atoms with van der Waals surface area (Å²) in [6, 6.07) is 9.21. The number of ether oxygens (including phenoxy) is 1. The third-order valence-corrected chi connectivity index (χ3v) is 4.30. The number of benzene rings is 1. The molecule has 0 saturated carbocycles. The maximum atomic E-state index is 12.6. The average molecular weight is 394 g/mol. The van der Waals surface area contributed by atoms with Gasteiger partial charge >= 0.3 is 6.18 Å². The van der Waals surface area contributed by atoms with Crippen molar-refractivity contribution in [2.75, 3.05) is 31.1 Å². The maximum Gasteiger partial charge on any atom is 0.435 e. The van der Waals surface area contributed by atoms with Crippen LogP contribution < -0.4 is 9.64 Å². The fraction of sp³-hybridized carbons (Fsp3) is 0.421. The molecule has 0 bridgehead atoms. The number of rotatable bonds is 4. The van der Waals surface area contributed by atoms with Gasteiger partial charge in [-0.25, -0.2) is 0 Å². The number of hydrogen-bond acceptors (Lipinski definition) is 5. The molecule has 1 amide bonds. The summed E-state index contributed by atoms with van der Waals surface area (Å²) in [5.41, 5.74) is -0.450. The summed E-state index contributed by atoms with van der Waals surface area (Å²) in [5, 5.41) is 6.92. The van der Waals surface area contributed by atoms with Gasteiger partial charge in [-0.05, 0) is 50.2 Å². The summed E-state index contributed by atoms with van der Waals surface area (Å²) in [6.45, 7) is 5.71. The predicted octanol–water partition coefficient (Wildman–Crippen LogP) is 3.25. The molecule has 1 aliphatic rings. The lowest BCUT2D eigenvalue weighted by Crippen LogP contribution is -2.49. The zero-order valence-electron chi connectivity index (χ0n) is 15.6. The molecule has 1 aromatic carbocycles. The first-order valence-electron chi connectivity index (χ1n) is 8.96. The lowest BCUT2D eigenvalue weighted by Gasteiger charge is -2.35. The summed E-state index contributed by atoms with van der Waals surface area (Å²) in [7, 11) is 0. The van der Waals surface area contributed by atoms with Crippen molar-refractivity contribution >= 4 is 11.7 Å². The predicted molar refractivity (Wildman–Crippen MR) is 97.4 cm³/mol. The highest BCUT2D eigenvalue weighted by molar-refractivity contribution is 5.94. The molecule has 0 N–H and O–H groups in total. The van der Waals surface area contributed by atoms with E-state index < -0.39 is 11.9 Å². The number of hydrogen-bond donors (Lipinski definition) is 0. The van der Waals surface area contributed by atoms with E-state index in [1.165, 1.54) is 6.07 Å². The Kier molecular flexibility index (Phi) is 5.71. The van der Waals surface area contributed by atoms with E-state index in [9.17, 15) is 18.0 Å². The van der Waals surface area contributed by atoms with Crippen LogP contribution in [0, 0.1) is 0 Å². The summed E-state index contributed by atoms with van der Waals surface area (Å²) in [6.07, 6.45) is -4.45. The number of halogens is 3. The fourth-order valence-electron chi connectivity index (χ4n) is 2.91. The van der Waals surface area contributed by atoms with Crippen molar-refractivity contribution in [2.24, 2.45) is 0 Å². The van der Waals surface area contributed by atoms with Crippen LogP contribution in [-0.2, 0) is 6.18 Å². The Morgan fingerprint density at radius 1 is 1.00 bits per heavy atom. The Morgan fingerprint density at radius 3 is 2.14 bits per heavy atom. The lowest BCUT2D eigenvalue weighted by atomic mass is 10.1. The molecule has 150 valence electrons. The van der Waals surface area contributed by atoms with Gasteiger partial charge in [-0.3, -0.25) is 4.79 Å². The Labute approximate surface area is 160 Å². The largest absolute Gasteiger partial charge is 0.491 e. The van der Waals surface area contributed by atoms with Gasteiger partial charge in [0.1, 0.15) is 5.75 Å². The quantitative estimate of drug-likeness (QED) is 0.797. The van der Waals surface area contributed by atoms with Crippen molar-refractivity contribution in [3.8, 4) is 5.75 Å². The van der Waals surface area contributed by atoms with E-state index in [4.69, 9.17) is 4.74 Å². The third kappa shape index (κ3) is 4.71. The zero-order valence-corrected chi connectivity index (χ0v) is 15.6. The third-order valence-electron chi connectivity index (χ3n) is 4.30. The highest BCUT2D eigenvalue weighted by Crippen LogP contribution is 2.27. The van der Waals surface area contributed by atoms with Crippen molar-refractivity contribution in [1.82, 2.24) is 15.1 Å². The highest BCUT2D eigenvalue weighted by Gasteiger charge is 2.33. The first-order chi connectivity index (χ1) is 13.2. The van der Waals surface area contributed by atoms with Crippen molar-refractivity contribution in [3.05, 3.63) is 47.7 Å². The van der Waals surface area contributed by atoms with E-state index in [0.29, 0.717) is 43.3 Å². The van der Waals surface area contributed by atoms with Crippen LogP contribution in [0.4, 0.5) is 19.0 Å². The molecule has 0 unspecified atom stereocenters. The second-order valence-electron chi connectivity index (χ2n) is 6.74. The Balaban J connectivity index is 1.58. The van der Waals surface area contributed by atoms with E-state index in [1.807, 2.05) is 18.7 Å². The summed E-state index contributed by atoms with van der Waals surface area (Å²) in [5.74, 6) is 0.988. The molecule has 28 heavy (non-hydrogen) atoms. The van der Waals surface area contributed by atoms with Crippen molar-refractivity contribution in [1.29, 1.82) is 0 Å². The topological polar surface area (TPSA) is 58.6 Å². The second-order valence-corrected chi connectivity index (χ2v) is 6.74. The first-order valence-corrected chi connectivity index (χ1v) is 8.96. The molecule has 1 fully saturated rings. The van der Waals surface area contributed by atoms with Gasteiger partial charge in [0.15, 0.2) is 11.5 Å². The molecule has 3 rings (SSSR count). The van der Waals surface area contributed by atoms with Gasteiger partial charge in [0.05, 0.1) is 6.10 Å². The van der Waals surface area contributed by atoms with Crippen LogP contribution in [0.25, 0.3) is 0 Å². The van der Waals surface area contributed by atoms with Gasteiger partial charge in [-0.1, -0.05) is 0 Å². The normalized spacial score (nSPS) is 15.1. The Bertz CT molecular complexity index is 799. The SMILES string of the molecule is CC(C)Oc1ccc(C(=O)N2CCN(c3ccc(C(F)(F)F)nn3)CC2)cc1. The van der Waals surface area contributed by atoms with Crippen LogP contribution in [-0.4, -0.2) is 53.3 Å². The molecule has 1 aromatic heterocycles. The smallest absolute Gasteiger partial charge is 0.435 e. The van der Waals surface area contributed by atoms with Crippen molar-refractivity contribution < 1.29 is 22.7 Å². The zero-order chi connectivity index (χ0) is 20.3. The average Bonchev–Trinajstić information content (AvgIpc) is 2.67. The molecule has 0 spiro atoms. The summed E-state index contributed by atoms with van der Waals surface area (Å²) >= 11 is 0. The van der Waals surface area contributed by atoms with Crippen LogP contribution in [0.3, 0.4) is 0 Å². The standard InChI is InChI=1S/C19H21F3N4O2/c1-13(2)28-15-5-3-14(4-6-15)18(27)26-11-9-25(10-12-26)17-8-7-16(23-24-17)19(20,21)22/h3-8,13H,9-12H2,1-2H3. The number of alkyl halides is 3. The number of nitrogens with zero attached hydrogens (tertiary/aromatic N) is 4. The van der Waals surface area contributed by atoms with Crippen LogP contribution >= 0.6 is 0 Å². The van der Waals surface area contributed by atoms with Crippen LogP contribution in [0.1, 0.15) is 29.9 Å². The lowest BCUT2D eigenvalue weighted by molar-refractivity contribution is -0.141. The summed E-state index contributed by atoms with van der Waals surface area (Å²) in [4.78, 5) is 16.2. The minimum Gasteiger partial charge on any atom is -0.491 e. The molecule has 6 nitrogen and oxygen atoms in total. The highest BCUT2D eigenvalue weighted by atomic mass is 19.4. The molecular formula is C19H21F3N4O2. The minimum atomic E-state index is -4.51. The van der Waals surface area contributed by atoms with E-state index in [1.54, 1.807) is 29.2 Å². The van der Waals surface area contributed by atoms with Crippen LogP contribution in [0.15, 0.2) is 36.4 Å². The molecule has 2 aromatic rings. The van der Waals surface area contributed by atoms with Gasteiger partial charge in [-0.15, -0.1) is 10.2 Å². The summed E-state index contributed by atoms with van der Waals surface area (Å²) < 4.78 is 43.3. The van der Waals surface area contributed by atoms with Crippen LogP contribution in [0.5, 0.6) is 5.75 Å². The number of piperazine rings is 1. The molecule has 1 saturated heterocycles. The van der Waals surface area contributed by atoms with E-state index in [0.717, 1.165) is 6.07 Å². The van der Waals surface area contributed by atoms with Crippen molar-refractivity contribution in [2.45, 2.75) is 26.1 Å². The van der Waals surface area contributed by atoms with E-state index in [2.05, 4.69) is 10.2 Å². The number of amides is 1.